The molecule has 0 heterocycles. The molecule has 6 heteroatoms. The molecule has 1 aliphatic carbocycles. The maximum atomic E-state index is 12.8. The molecule has 0 radical (unpaired) electrons. The normalized spacial score (nSPS) is 16.0. The van der Waals surface area contributed by atoms with Crippen LogP contribution in [0.4, 0.5) is 0 Å². The summed E-state index contributed by atoms with van der Waals surface area (Å²) in [6, 6.07) is 5.04. The number of hydrogen-bond acceptors (Lipinski definition) is 3. The summed E-state index contributed by atoms with van der Waals surface area (Å²) in [6.45, 7) is 4.78. The molecule has 4 nitrogen and oxygen atoms in total. The smallest absolute Gasteiger partial charge is 0.243 e. The predicted molar refractivity (Wildman–Crippen MR) is 88.8 cm³/mol. The molecular weight excluding hydrogens is 304 g/mol. The highest BCUT2D eigenvalue weighted by molar-refractivity contribution is 7.89. The summed E-state index contributed by atoms with van der Waals surface area (Å²) in [5, 5.41) is 0. The molecule has 0 spiro atoms. The monoisotopic (exact) mass is 326 g/mol. The average Bonchev–Trinajstić information content (AvgIpc) is 2.36. The molecule has 1 aromatic rings. The lowest BCUT2D eigenvalue weighted by Gasteiger charge is -2.31. The SMILES string of the molecule is CCN(CC1CCC1)S(=O)(=O)c1ccc(C(N)=S)cc1C. The number of thiocarbonyl (C=S) groups is 1. The van der Waals surface area contributed by atoms with Crippen LogP contribution in [0.25, 0.3) is 0 Å². The fourth-order valence-corrected chi connectivity index (χ4v) is 4.45. The molecule has 0 saturated heterocycles. The van der Waals surface area contributed by atoms with Crippen LogP contribution in [0.1, 0.15) is 37.3 Å². The summed E-state index contributed by atoms with van der Waals surface area (Å²) in [4.78, 5) is 0.632. The summed E-state index contributed by atoms with van der Waals surface area (Å²) in [6.07, 6.45) is 3.47. The molecule has 0 atom stereocenters. The Morgan fingerprint density at radius 2 is 2.10 bits per heavy atom. The van der Waals surface area contributed by atoms with Gasteiger partial charge in [0.05, 0.1) is 4.90 Å². The van der Waals surface area contributed by atoms with Gasteiger partial charge in [-0.25, -0.2) is 8.42 Å². The fraction of sp³-hybridized carbons (Fsp3) is 0.533. The third kappa shape index (κ3) is 3.44. The molecule has 2 rings (SSSR count). The number of nitrogens with two attached hydrogens (primary N) is 1. The van der Waals surface area contributed by atoms with E-state index in [0.717, 1.165) is 12.8 Å². The Labute approximate surface area is 132 Å². The highest BCUT2D eigenvalue weighted by Gasteiger charge is 2.29. The van der Waals surface area contributed by atoms with E-state index in [2.05, 4.69) is 0 Å². The third-order valence-corrected chi connectivity index (χ3v) is 6.45. The van der Waals surface area contributed by atoms with Crippen LogP contribution < -0.4 is 5.73 Å². The second-order valence-corrected chi connectivity index (χ2v) is 7.94. The minimum absolute atomic E-state index is 0.281. The van der Waals surface area contributed by atoms with Crippen molar-refractivity contribution in [1.82, 2.24) is 4.31 Å². The minimum atomic E-state index is -3.45. The first kappa shape index (κ1) is 16.4. The zero-order valence-electron chi connectivity index (χ0n) is 12.5. The highest BCUT2D eigenvalue weighted by atomic mass is 32.2. The van der Waals surface area contributed by atoms with E-state index in [4.69, 9.17) is 18.0 Å². The van der Waals surface area contributed by atoms with Gasteiger partial charge < -0.3 is 5.73 Å². The van der Waals surface area contributed by atoms with E-state index in [9.17, 15) is 8.42 Å². The quantitative estimate of drug-likeness (QED) is 0.816. The van der Waals surface area contributed by atoms with Gasteiger partial charge in [0.15, 0.2) is 0 Å². The first-order chi connectivity index (χ1) is 9.86. The molecule has 21 heavy (non-hydrogen) atoms. The summed E-state index contributed by atoms with van der Waals surface area (Å²) in [7, 11) is -3.45. The van der Waals surface area contributed by atoms with Gasteiger partial charge in [0.25, 0.3) is 0 Å². The fourth-order valence-electron chi connectivity index (χ4n) is 2.59. The second-order valence-electron chi connectivity index (χ2n) is 5.60. The molecule has 1 fully saturated rings. The molecule has 0 aliphatic heterocycles. The Balaban J connectivity index is 2.30. The van der Waals surface area contributed by atoms with Gasteiger partial charge in [-0.3, -0.25) is 0 Å². The average molecular weight is 326 g/mol. The molecule has 0 aromatic heterocycles. The lowest BCUT2D eigenvalue weighted by Crippen LogP contribution is -2.37. The van der Waals surface area contributed by atoms with E-state index < -0.39 is 10.0 Å². The molecular formula is C15H22N2O2S2. The van der Waals surface area contributed by atoms with Crippen molar-refractivity contribution in [3.63, 3.8) is 0 Å². The summed E-state index contributed by atoms with van der Waals surface area (Å²) in [5.41, 5.74) is 6.98. The van der Waals surface area contributed by atoms with Crippen molar-refractivity contribution >= 4 is 27.2 Å². The standard InChI is InChI=1S/C15H22N2O2S2/c1-3-17(10-12-5-4-6-12)21(18,19)14-8-7-13(15(16)20)9-11(14)2/h7-9,12H,3-6,10H2,1-2H3,(H2,16,20). The molecule has 1 aromatic carbocycles. The number of benzene rings is 1. The maximum Gasteiger partial charge on any atom is 0.243 e. The third-order valence-electron chi connectivity index (χ3n) is 4.12. The Morgan fingerprint density at radius 3 is 2.52 bits per heavy atom. The number of sulfonamides is 1. The van der Waals surface area contributed by atoms with Gasteiger partial charge in [-0.2, -0.15) is 4.31 Å². The van der Waals surface area contributed by atoms with Crippen molar-refractivity contribution in [2.24, 2.45) is 11.7 Å². The van der Waals surface area contributed by atoms with E-state index in [1.807, 2.05) is 6.92 Å². The lowest BCUT2D eigenvalue weighted by molar-refractivity contribution is 0.250. The minimum Gasteiger partial charge on any atom is -0.389 e. The van der Waals surface area contributed by atoms with Gasteiger partial charge in [-0.1, -0.05) is 31.6 Å². The highest BCUT2D eigenvalue weighted by Crippen LogP contribution is 2.29. The van der Waals surface area contributed by atoms with Crippen molar-refractivity contribution < 1.29 is 8.42 Å². The van der Waals surface area contributed by atoms with Crippen LogP contribution in [0.15, 0.2) is 23.1 Å². The lowest BCUT2D eigenvalue weighted by atomic mass is 9.85. The van der Waals surface area contributed by atoms with Crippen LogP contribution >= 0.6 is 12.2 Å². The largest absolute Gasteiger partial charge is 0.389 e. The zero-order valence-corrected chi connectivity index (χ0v) is 14.1. The van der Waals surface area contributed by atoms with Gasteiger partial charge in [0.2, 0.25) is 10.0 Å². The number of hydrogen-bond donors (Lipinski definition) is 1. The second kappa shape index (κ2) is 6.42. The van der Waals surface area contributed by atoms with Crippen molar-refractivity contribution in [3.05, 3.63) is 29.3 Å². The summed E-state index contributed by atoms with van der Waals surface area (Å²) < 4.78 is 27.2. The number of rotatable bonds is 6. The van der Waals surface area contributed by atoms with Gasteiger partial charge in [0.1, 0.15) is 4.99 Å². The van der Waals surface area contributed by atoms with E-state index in [0.29, 0.717) is 35.0 Å². The van der Waals surface area contributed by atoms with Crippen LogP contribution in [0.3, 0.4) is 0 Å². The van der Waals surface area contributed by atoms with Gasteiger partial charge in [-0.15, -0.1) is 0 Å². The maximum absolute atomic E-state index is 12.8. The molecule has 116 valence electrons. The van der Waals surface area contributed by atoms with E-state index in [1.165, 1.54) is 6.42 Å². The first-order valence-electron chi connectivity index (χ1n) is 7.27. The van der Waals surface area contributed by atoms with Gasteiger partial charge in [0, 0.05) is 18.7 Å². The van der Waals surface area contributed by atoms with Crippen LogP contribution in [-0.2, 0) is 10.0 Å². The Bertz CT molecular complexity index is 637. The Kier molecular flexibility index (Phi) is 5.01. The van der Waals surface area contributed by atoms with Gasteiger partial charge in [-0.05, 0) is 43.4 Å². The summed E-state index contributed by atoms with van der Waals surface area (Å²) >= 11 is 4.93. The van der Waals surface area contributed by atoms with Crippen molar-refractivity contribution in [1.29, 1.82) is 0 Å². The molecule has 0 bridgehead atoms. The van der Waals surface area contributed by atoms with Gasteiger partial charge >= 0.3 is 0 Å². The van der Waals surface area contributed by atoms with Crippen molar-refractivity contribution in [3.8, 4) is 0 Å². The predicted octanol–water partition coefficient (Wildman–Crippen LogP) is 2.44. The molecule has 2 N–H and O–H groups in total. The first-order valence-corrected chi connectivity index (χ1v) is 9.11. The molecule has 0 amide bonds. The van der Waals surface area contributed by atoms with Crippen molar-refractivity contribution in [2.75, 3.05) is 13.1 Å². The van der Waals surface area contributed by atoms with Crippen LogP contribution in [0, 0.1) is 12.8 Å². The Morgan fingerprint density at radius 1 is 1.43 bits per heavy atom. The summed E-state index contributed by atoms with van der Waals surface area (Å²) in [5.74, 6) is 0.510. The van der Waals surface area contributed by atoms with Crippen molar-refractivity contribution in [2.45, 2.75) is 38.0 Å². The molecule has 1 saturated carbocycles. The van der Waals surface area contributed by atoms with Crippen LogP contribution in [-0.4, -0.2) is 30.8 Å². The Hall–Kier alpha value is -0.980. The topological polar surface area (TPSA) is 63.4 Å². The molecule has 0 unspecified atom stereocenters. The van der Waals surface area contributed by atoms with E-state index in [-0.39, 0.29) is 4.99 Å². The van der Waals surface area contributed by atoms with E-state index in [1.54, 1.807) is 29.4 Å². The van der Waals surface area contributed by atoms with E-state index >= 15 is 0 Å². The zero-order chi connectivity index (χ0) is 15.6. The van der Waals surface area contributed by atoms with Crippen LogP contribution in [0.2, 0.25) is 0 Å². The van der Waals surface area contributed by atoms with Crippen LogP contribution in [0.5, 0.6) is 0 Å². The number of nitrogens with zero attached hydrogens (tertiary/aromatic N) is 1. The number of aryl methyl sites for hydroxylation is 1. The molecule has 1 aliphatic rings.